The molecule has 1 unspecified atom stereocenters. The van der Waals surface area contributed by atoms with Gasteiger partial charge in [-0.15, -0.1) is 0 Å². The molecule has 0 heterocycles. The Morgan fingerprint density at radius 2 is 1.88 bits per heavy atom. The van der Waals surface area contributed by atoms with Crippen LogP contribution in [0.25, 0.3) is 0 Å². The third kappa shape index (κ3) is 5.01. The molecule has 2 aromatic rings. The molecule has 0 N–H and O–H groups in total. The van der Waals surface area contributed by atoms with Gasteiger partial charge in [-0.3, -0.25) is 4.79 Å². The van der Waals surface area contributed by atoms with Gasteiger partial charge in [0.15, 0.2) is 6.10 Å². The minimum Gasteiger partial charge on any atom is -0.491 e. The number of ether oxygens (including phenoxy) is 2. The van der Waals surface area contributed by atoms with Gasteiger partial charge in [0.05, 0.1) is 6.54 Å². The van der Waals surface area contributed by atoms with Crippen molar-refractivity contribution in [2.24, 2.45) is 0 Å². The summed E-state index contributed by atoms with van der Waals surface area (Å²) in [7, 11) is 1.76. The van der Waals surface area contributed by atoms with E-state index >= 15 is 0 Å². The maximum absolute atomic E-state index is 12.4. The number of carbonyl (C=O) groups excluding carboxylic acids is 1. The predicted octanol–water partition coefficient (Wildman–Crippen LogP) is 3.61. The third-order valence-corrected chi connectivity index (χ3v) is 3.80. The first-order chi connectivity index (χ1) is 11.5. The Balaban J connectivity index is 1.82. The summed E-state index contributed by atoms with van der Waals surface area (Å²) in [6.07, 6.45) is -0.532. The molecule has 2 aromatic carbocycles. The normalized spacial score (nSPS) is 11.7. The van der Waals surface area contributed by atoms with E-state index in [-0.39, 0.29) is 5.91 Å². The van der Waals surface area contributed by atoms with E-state index in [1.165, 1.54) is 0 Å². The molecule has 0 spiro atoms. The number of aryl methyl sites for hydroxylation is 2. The summed E-state index contributed by atoms with van der Waals surface area (Å²) in [6, 6.07) is 15.5. The van der Waals surface area contributed by atoms with E-state index in [9.17, 15) is 4.79 Å². The highest BCUT2D eigenvalue weighted by molar-refractivity contribution is 5.80. The Morgan fingerprint density at radius 1 is 1.12 bits per heavy atom. The van der Waals surface area contributed by atoms with Gasteiger partial charge in [0.1, 0.15) is 18.1 Å². The van der Waals surface area contributed by atoms with Crippen molar-refractivity contribution in [2.75, 3.05) is 20.2 Å². The average molecular weight is 327 g/mol. The van der Waals surface area contributed by atoms with Crippen LogP contribution in [-0.2, 0) is 4.79 Å². The highest BCUT2D eigenvalue weighted by Crippen LogP contribution is 2.16. The number of likely N-dealkylation sites (N-methyl/N-ethyl adjacent to an activating group) is 1. The van der Waals surface area contributed by atoms with E-state index in [1.807, 2.05) is 62.4 Å². The summed E-state index contributed by atoms with van der Waals surface area (Å²) in [5.41, 5.74) is 2.19. The largest absolute Gasteiger partial charge is 0.491 e. The van der Waals surface area contributed by atoms with Crippen LogP contribution in [0, 0.1) is 13.8 Å². The van der Waals surface area contributed by atoms with Crippen LogP contribution in [0.1, 0.15) is 18.1 Å². The summed E-state index contributed by atoms with van der Waals surface area (Å²) in [4.78, 5) is 14.0. The van der Waals surface area contributed by atoms with Crippen molar-refractivity contribution in [1.29, 1.82) is 0 Å². The standard InChI is InChI=1S/C20H25NO3/c1-15-8-7-10-18(14-15)24-17(3)20(22)21(4)12-13-23-19-11-6-5-9-16(19)2/h5-11,14,17H,12-13H2,1-4H3. The number of benzene rings is 2. The quantitative estimate of drug-likeness (QED) is 0.780. The lowest BCUT2D eigenvalue weighted by atomic mass is 10.2. The van der Waals surface area contributed by atoms with Gasteiger partial charge in [-0.25, -0.2) is 0 Å². The molecular formula is C20H25NO3. The maximum atomic E-state index is 12.4. The Hall–Kier alpha value is -2.49. The first kappa shape index (κ1) is 17.9. The van der Waals surface area contributed by atoms with Crippen molar-refractivity contribution in [1.82, 2.24) is 4.90 Å². The number of carbonyl (C=O) groups is 1. The fourth-order valence-electron chi connectivity index (χ4n) is 2.37. The molecule has 128 valence electrons. The van der Waals surface area contributed by atoms with Crippen LogP contribution in [0.2, 0.25) is 0 Å². The highest BCUT2D eigenvalue weighted by Gasteiger charge is 2.19. The van der Waals surface area contributed by atoms with Crippen LogP contribution in [-0.4, -0.2) is 37.1 Å². The van der Waals surface area contributed by atoms with E-state index in [0.717, 1.165) is 16.9 Å². The molecule has 0 aliphatic heterocycles. The zero-order valence-corrected chi connectivity index (χ0v) is 14.8. The van der Waals surface area contributed by atoms with Gasteiger partial charge >= 0.3 is 0 Å². The number of amides is 1. The zero-order valence-electron chi connectivity index (χ0n) is 14.8. The molecule has 2 rings (SSSR count). The monoisotopic (exact) mass is 327 g/mol. The first-order valence-electron chi connectivity index (χ1n) is 8.14. The van der Waals surface area contributed by atoms with Crippen LogP contribution in [0.3, 0.4) is 0 Å². The molecule has 0 saturated carbocycles. The summed E-state index contributed by atoms with van der Waals surface area (Å²) >= 11 is 0. The van der Waals surface area contributed by atoms with Crippen LogP contribution in [0.5, 0.6) is 11.5 Å². The molecule has 4 heteroatoms. The SMILES string of the molecule is Cc1cccc(OC(C)C(=O)N(C)CCOc2ccccc2C)c1. The van der Waals surface area contributed by atoms with E-state index in [1.54, 1.807) is 18.9 Å². The molecule has 0 aliphatic rings. The second kappa shape index (κ2) is 8.39. The van der Waals surface area contributed by atoms with Crippen molar-refractivity contribution >= 4 is 5.91 Å². The summed E-state index contributed by atoms with van der Waals surface area (Å²) < 4.78 is 11.5. The second-order valence-electron chi connectivity index (χ2n) is 5.95. The molecule has 0 fully saturated rings. The van der Waals surface area contributed by atoms with E-state index in [2.05, 4.69) is 0 Å². The fourth-order valence-corrected chi connectivity index (χ4v) is 2.37. The maximum Gasteiger partial charge on any atom is 0.263 e. The number of nitrogens with zero attached hydrogens (tertiary/aromatic N) is 1. The van der Waals surface area contributed by atoms with Gasteiger partial charge in [0.25, 0.3) is 5.91 Å². The molecule has 0 aromatic heterocycles. The minimum atomic E-state index is -0.532. The molecule has 24 heavy (non-hydrogen) atoms. The van der Waals surface area contributed by atoms with Crippen molar-refractivity contribution in [3.05, 3.63) is 59.7 Å². The lowest BCUT2D eigenvalue weighted by Crippen LogP contribution is -2.40. The van der Waals surface area contributed by atoms with Crippen LogP contribution in [0.15, 0.2) is 48.5 Å². The first-order valence-corrected chi connectivity index (χ1v) is 8.14. The third-order valence-electron chi connectivity index (χ3n) is 3.80. The number of para-hydroxylation sites is 1. The van der Waals surface area contributed by atoms with Crippen molar-refractivity contribution < 1.29 is 14.3 Å². The van der Waals surface area contributed by atoms with Crippen LogP contribution >= 0.6 is 0 Å². The minimum absolute atomic E-state index is 0.0649. The molecule has 4 nitrogen and oxygen atoms in total. The van der Waals surface area contributed by atoms with Gasteiger partial charge in [-0.2, -0.15) is 0 Å². The van der Waals surface area contributed by atoms with E-state index in [0.29, 0.717) is 18.9 Å². The van der Waals surface area contributed by atoms with Gasteiger partial charge in [0, 0.05) is 7.05 Å². The van der Waals surface area contributed by atoms with Gasteiger partial charge in [-0.1, -0.05) is 30.3 Å². The van der Waals surface area contributed by atoms with Crippen molar-refractivity contribution in [3.63, 3.8) is 0 Å². The Labute approximate surface area is 144 Å². The van der Waals surface area contributed by atoms with Crippen LogP contribution < -0.4 is 9.47 Å². The van der Waals surface area contributed by atoms with E-state index < -0.39 is 6.10 Å². The number of hydrogen-bond donors (Lipinski definition) is 0. The Morgan fingerprint density at radius 3 is 2.58 bits per heavy atom. The smallest absolute Gasteiger partial charge is 0.263 e. The molecule has 1 atom stereocenters. The van der Waals surface area contributed by atoms with E-state index in [4.69, 9.17) is 9.47 Å². The Kier molecular flexibility index (Phi) is 6.24. The molecule has 0 radical (unpaired) electrons. The van der Waals surface area contributed by atoms with Crippen molar-refractivity contribution in [2.45, 2.75) is 26.9 Å². The van der Waals surface area contributed by atoms with Crippen LogP contribution in [0.4, 0.5) is 0 Å². The zero-order chi connectivity index (χ0) is 17.5. The molecular weight excluding hydrogens is 302 g/mol. The number of hydrogen-bond acceptors (Lipinski definition) is 3. The van der Waals surface area contributed by atoms with Gasteiger partial charge in [-0.05, 0) is 50.1 Å². The van der Waals surface area contributed by atoms with Crippen molar-refractivity contribution in [3.8, 4) is 11.5 Å². The second-order valence-corrected chi connectivity index (χ2v) is 5.95. The molecule has 1 amide bonds. The Bertz CT molecular complexity index is 684. The number of rotatable bonds is 7. The fraction of sp³-hybridized carbons (Fsp3) is 0.350. The summed E-state index contributed by atoms with van der Waals surface area (Å²) in [5.74, 6) is 1.49. The lowest BCUT2D eigenvalue weighted by Gasteiger charge is -2.22. The molecule has 0 saturated heterocycles. The summed E-state index contributed by atoms with van der Waals surface area (Å²) in [6.45, 7) is 6.72. The highest BCUT2D eigenvalue weighted by atomic mass is 16.5. The molecule has 0 bridgehead atoms. The molecule has 0 aliphatic carbocycles. The van der Waals surface area contributed by atoms with Gasteiger partial charge < -0.3 is 14.4 Å². The summed E-state index contributed by atoms with van der Waals surface area (Å²) in [5, 5.41) is 0. The topological polar surface area (TPSA) is 38.8 Å². The van der Waals surface area contributed by atoms with Gasteiger partial charge in [0.2, 0.25) is 0 Å². The predicted molar refractivity (Wildman–Crippen MR) is 95.6 cm³/mol. The average Bonchev–Trinajstić information content (AvgIpc) is 2.55. The lowest BCUT2D eigenvalue weighted by molar-refractivity contribution is -0.136.